The number of fused-ring (bicyclic) bond motifs is 1. The zero-order chi connectivity index (χ0) is 15.8. The second kappa shape index (κ2) is 5.66. The van der Waals surface area contributed by atoms with Gasteiger partial charge in [0.1, 0.15) is 12.0 Å². The zero-order valence-electron chi connectivity index (χ0n) is 12.9. The Morgan fingerprint density at radius 2 is 2.04 bits per heavy atom. The van der Waals surface area contributed by atoms with Gasteiger partial charge in [-0.15, -0.1) is 0 Å². The van der Waals surface area contributed by atoms with Crippen molar-refractivity contribution in [3.8, 4) is 0 Å². The van der Waals surface area contributed by atoms with E-state index in [1.807, 2.05) is 6.07 Å². The fraction of sp³-hybridized carbons (Fsp3) is 0.312. The number of nitrogens with zero attached hydrogens (tertiary/aromatic N) is 4. The largest absolute Gasteiger partial charge is 0.393 e. The molecule has 2 aromatic heterocycles. The van der Waals surface area contributed by atoms with Crippen molar-refractivity contribution in [3.63, 3.8) is 0 Å². The van der Waals surface area contributed by atoms with E-state index in [1.165, 1.54) is 18.4 Å². The minimum absolute atomic E-state index is 0.588. The number of aryl methyl sites for hydroxylation is 1. The van der Waals surface area contributed by atoms with E-state index in [4.69, 9.17) is 5.73 Å². The van der Waals surface area contributed by atoms with E-state index in [0.29, 0.717) is 11.5 Å². The SMILES string of the molecule is Cc1ccc2nc(Nc3ncnc(N4CCCC4)c3N)sc2c1. The Hall–Kier alpha value is -2.41. The normalized spacial score (nSPS) is 14.6. The number of anilines is 4. The van der Waals surface area contributed by atoms with Crippen molar-refractivity contribution >= 4 is 44.0 Å². The smallest absolute Gasteiger partial charge is 0.189 e. The van der Waals surface area contributed by atoms with Crippen LogP contribution in [0.25, 0.3) is 10.2 Å². The summed E-state index contributed by atoms with van der Waals surface area (Å²) in [6, 6.07) is 6.23. The lowest BCUT2D eigenvalue weighted by Gasteiger charge is -2.19. The first-order valence-electron chi connectivity index (χ1n) is 7.70. The fourth-order valence-corrected chi connectivity index (χ4v) is 3.82. The molecule has 1 aromatic carbocycles. The summed E-state index contributed by atoms with van der Waals surface area (Å²) in [6.07, 6.45) is 3.93. The zero-order valence-corrected chi connectivity index (χ0v) is 13.7. The topological polar surface area (TPSA) is 80.0 Å². The third-order valence-electron chi connectivity index (χ3n) is 4.04. The van der Waals surface area contributed by atoms with Gasteiger partial charge in [0.25, 0.3) is 0 Å². The van der Waals surface area contributed by atoms with Crippen LogP contribution in [0.2, 0.25) is 0 Å². The molecule has 4 rings (SSSR count). The molecule has 3 heterocycles. The first-order chi connectivity index (χ1) is 11.2. The maximum Gasteiger partial charge on any atom is 0.189 e. The maximum atomic E-state index is 6.28. The quantitative estimate of drug-likeness (QED) is 0.768. The van der Waals surface area contributed by atoms with Gasteiger partial charge in [0.05, 0.1) is 10.2 Å². The van der Waals surface area contributed by atoms with Gasteiger partial charge in [0.2, 0.25) is 0 Å². The van der Waals surface area contributed by atoms with Gasteiger partial charge in [-0.05, 0) is 37.5 Å². The van der Waals surface area contributed by atoms with Gasteiger partial charge < -0.3 is 16.0 Å². The predicted molar refractivity (Wildman–Crippen MR) is 95.5 cm³/mol. The third-order valence-corrected chi connectivity index (χ3v) is 4.97. The van der Waals surface area contributed by atoms with Gasteiger partial charge >= 0.3 is 0 Å². The average molecular weight is 326 g/mol. The summed E-state index contributed by atoms with van der Waals surface area (Å²) < 4.78 is 1.15. The molecule has 0 radical (unpaired) electrons. The summed E-state index contributed by atoms with van der Waals surface area (Å²) in [5, 5.41) is 4.04. The molecule has 0 unspecified atom stereocenters. The number of hydrogen-bond donors (Lipinski definition) is 2. The van der Waals surface area contributed by atoms with Crippen molar-refractivity contribution in [3.05, 3.63) is 30.1 Å². The monoisotopic (exact) mass is 326 g/mol. The van der Waals surface area contributed by atoms with Crippen LogP contribution in [-0.4, -0.2) is 28.0 Å². The highest BCUT2D eigenvalue weighted by molar-refractivity contribution is 7.22. The standard InChI is InChI=1S/C16H18N6S/c1-10-4-5-11-12(8-10)23-16(20-11)21-14-13(17)15(19-9-18-14)22-6-2-3-7-22/h4-5,8-9H,2-3,6-7,17H2,1H3,(H,18,19,20,21). The van der Waals surface area contributed by atoms with E-state index in [9.17, 15) is 0 Å². The molecule has 3 aromatic rings. The Bertz CT molecular complexity index is 853. The van der Waals surface area contributed by atoms with Crippen molar-refractivity contribution < 1.29 is 0 Å². The highest BCUT2D eigenvalue weighted by atomic mass is 32.1. The molecule has 0 bridgehead atoms. The van der Waals surface area contributed by atoms with Crippen molar-refractivity contribution in [2.24, 2.45) is 0 Å². The number of nitrogens with one attached hydrogen (secondary N) is 1. The number of thiazole rings is 1. The van der Waals surface area contributed by atoms with Crippen molar-refractivity contribution in [2.75, 3.05) is 29.0 Å². The minimum Gasteiger partial charge on any atom is -0.393 e. The molecule has 1 aliphatic rings. The summed E-state index contributed by atoms with van der Waals surface area (Å²) in [5.41, 5.74) is 9.07. The molecule has 1 fully saturated rings. The molecular formula is C16H18N6S. The van der Waals surface area contributed by atoms with Crippen LogP contribution in [0.15, 0.2) is 24.5 Å². The van der Waals surface area contributed by atoms with E-state index in [0.717, 1.165) is 34.3 Å². The van der Waals surface area contributed by atoms with Gasteiger partial charge in [-0.1, -0.05) is 17.4 Å². The first-order valence-corrected chi connectivity index (χ1v) is 8.52. The predicted octanol–water partition coefficient (Wildman–Crippen LogP) is 3.32. The van der Waals surface area contributed by atoms with E-state index in [1.54, 1.807) is 17.7 Å². The van der Waals surface area contributed by atoms with E-state index in [2.05, 4.69) is 44.2 Å². The number of hydrogen-bond acceptors (Lipinski definition) is 7. The third kappa shape index (κ3) is 2.68. The molecule has 23 heavy (non-hydrogen) atoms. The van der Waals surface area contributed by atoms with Crippen molar-refractivity contribution in [1.29, 1.82) is 0 Å². The summed E-state index contributed by atoms with van der Waals surface area (Å²) in [7, 11) is 0. The molecule has 118 valence electrons. The van der Waals surface area contributed by atoms with E-state index >= 15 is 0 Å². The number of nitrogens with two attached hydrogens (primary N) is 1. The minimum atomic E-state index is 0.588. The number of nitrogen functional groups attached to an aromatic ring is 1. The number of aromatic nitrogens is 3. The van der Waals surface area contributed by atoms with Crippen molar-refractivity contribution in [2.45, 2.75) is 19.8 Å². The Kier molecular flexibility index (Phi) is 3.49. The molecule has 1 aliphatic heterocycles. The van der Waals surface area contributed by atoms with Crippen LogP contribution >= 0.6 is 11.3 Å². The maximum absolute atomic E-state index is 6.28. The van der Waals surface area contributed by atoms with Crippen molar-refractivity contribution in [1.82, 2.24) is 15.0 Å². The Labute approximate surface area is 138 Å². The second-order valence-electron chi connectivity index (χ2n) is 5.77. The molecule has 0 amide bonds. The molecule has 6 nitrogen and oxygen atoms in total. The summed E-state index contributed by atoms with van der Waals surface area (Å²) in [5.74, 6) is 1.44. The van der Waals surface area contributed by atoms with Gasteiger partial charge in [-0.25, -0.2) is 15.0 Å². The fourth-order valence-electron chi connectivity index (χ4n) is 2.85. The highest BCUT2D eigenvalue weighted by Crippen LogP contribution is 2.33. The Morgan fingerprint density at radius 3 is 2.87 bits per heavy atom. The van der Waals surface area contributed by atoms with Crippen LogP contribution in [-0.2, 0) is 0 Å². The average Bonchev–Trinajstić information content (AvgIpc) is 3.18. The van der Waals surface area contributed by atoms with Crippen LogP contribution in [0.3, 0.4) is 0 Å². The molecule has 0 saturated carbocycles. The first kappa shape index (κ1) is 14.2. The van der Waals surface area contributed by atoms with Gasteiger partial charge in [-0.2, -0.15) is 0 Å². The number of rotatable bonds is 3. The van der Waals surface area contributed by atoms with Crippen LogP contribution in [0, 0.1) is 6.92 Å². The van der Waals surface area contributed by atoms with Gasteiger partial charge in [0, 0.05) is 13.1 Å². The summed E-state index contributed by atoms with van der Waals surface area (Å²) >= 11 is 1.60. The second-order valence-corrected chi connectivity index (χ2v) is 6.80. The molecule has 3 N–H and O–H groups in total. The molecule has 1 saturated heterocycles. The van der Waals surface area contributed by atoms with Crippen LogP contribution < -0.4 is 16.0 Å². The summed E-state index contributed by atoms with van der Waals surface area (Å²) in [6.45, 7) is 4.08. The van der Waals surface area contributed by atoms with E-state index < -0.39 is 0 Å². The lowest BCUT2D eigenvalue weighted by atomic mass is 10.2. The Balaban J connectivity index is 1.66. The van der Waals surface area contributed by atoms with Gasteiger partial charge in [-0.3, -0.25) is 0 Å². The Morgan fingerprint density at radius 1 is 1.22 bits per heavy atom. The highest BCUT2D eigenvalue weighted by Gasteiger charge is 2.19. The van der Waals surface area contributed by atoms with Crippen LogP contribution in [0.5, 0.6) is 0 Å². The lowest BCUT2D eigenvalue weighted by molar-refractivity contribution is 0.931. The molecular weight excluding hydrogens is 308 g/mol. The molecule has 0 atom stereocenters. The van der Waals surface area contributed by atoms with Gasteiger partial charge in [0.15, 0.2) is 16.8 Å². The summed E-state index contributed by atoms with van der Waals surface area (Å²) in [4.78, 5) is 15.4. The molecule has 0 aliphatic carbocycles. The van der Waals surface area contributed by atoms with Crippen LogP contribution in [0.4, 0.5) is 22.5 Å². The van der Waals surface area contributed by atoms with Crippen LogP contribution in [0.1, 0.15) is 18.4 Å². The lowest BCUT2D eigenvalue weighted by Crippen LogP contribution is -2.21. The number of benzene rings is 1. The van der Waals surface area contributed by atoms with E-state index in [-0.39, 0.29) is 0 Å². The molecule has 7 heteroatoms. The molecule has 0 spiro atoms.